The maximum Gasteiger partial charge on any atom is 0.0372 e. The monoisotopic (exact) mass is 329 g/mol. The van der Waals surface area contributed by atoms with Crippen molar-refractivity contribution >= 4 is 28.3 Å². The molecule has 1 aromatic rings. The van der Waals surface area contributed by atoms with Crippen molar-refractivity contribution in [1.29, 1.82) is 0 Å². The van der Waals surface area contributed by atoms with E-state index in [-0.39, 0.29) is 0 Å². The minimum absolute atomic E-state index is 0.690. The van der Waals surface area contributed by atoms with Gasteiger partial charge in [-0.3, -0.25) is 0 Å². The van der Waals surface area contributed by atoms with E-state index in [1.54, 1.807) is 0 Å². The fourth-order valence-corrected chi connectivity index (χ4v) is 3.06. The summed E-state index contributed by atoms with van der Waals surface area (Å²) >= 11 is 2.37. The molecular weight excluding hydrogens is 309 g/mol. The quantitative estimate of drug-likeness (QED) is 0.783. The predicted molar refractivity (Wildman–Crippen MR) is 78.9 cm³/mol. The van der Waals surface area contributed by atoms with E-state index in [1.807, 2.05) is 0 Å². The summed E-state index contributed by atoms with van der Waals surface area (Å²) in [4.78, 5) is 0. The molecule has 2 rings (SSSR count). The maximum absolute atomic E-state index is 3.69. The number of halogens is 1. The van der Waals surface area contributed by atoms with Crippen molar-refractivity contribution in [3.63, 3.8) is 0 Å². The first-order chi connectivity index (χ1) is 7.65. The van der Waals surface area contributed by atoms with Gasteiger partial charge < -0.3 is 5.32 Å². The molecule has 1 aliphatic rings. The van der Waals surface area contributed by atoms with E-state index < -0.39 is 0 Å². The second-order valence-electron chi connectivity index (χ2n) is 5.06. The number of rotatable bonds is 2. The molecule has 2 heteroatoms. The largest absolute Gasteiger partial charge is 0.382 e. The van der Waals surface area contributed by atoms with Crippen LogP contribution in [-0.4, -0.2) is 6.04 Å². The molecular formula is C14H20IN. The van der Waals surface area contributed by atoms with E-state index in [9.17, 15) is 0 Å². The lowest BCUT2D eigenvalue weighted by atomic mass is 9.87. The highest BCUT2D eigenvalue weighted by atomic mass is 127. The molecule has 0 spiro atoms. The second kappa shape index (κ2) is 5.39. The molecule has 1 aromatic carbocycles. The summed E-state index contributed by atoms with van der Waals surface area (Å²) in [6.45, 7) is 4.56. The van der Waals surface area contributed by atoms with Crippen LogP contribution in [0.2, 0.25) is 0 Å². The second-order valence-corrected chi connectivity index (χ2v) is 6.31. The van der Waals surface area contributed by atoms with Crippen LogP contribution in [0.1, 0.15) is 38.2 Å². The Labute approximate surface area is 112 Å². The molecule has 0 heterocycles. The summed E-state index contributed by atoms with van der Waals surface area (Å²) in [6, 6.07) is 7.33. The van der Waals surface area contributed by atoms with Gasteiger partial charge in [0.25, 0.3) is 0 Å². The zero-order chi connectivity index (χ0) is 11.5. The van der Waals surface area contributed by atoms with E-state index in [4.69, 9.17) is 0 Å². The predicted octanol–water partition coefficient (Wildman–Crippen LogP) is 4.59. The molecule has 0 saturated heterocycles. The summed E-state index contributed by atoms with van der Waals surface area (Å²) in [5, 5.41) is 3.69. The van der Waals surface area contributed by atoms with Crippen LogP contribution in [0.25, 0.3) is 0 Å². The molecule has 1 N–H and O–H groups in total. The first-order valence-corrected chi connectivity index (χ1v) is 7.25. The normalized spacial score (nSPS) is 25.4. The highest BCUT2D eigenvalue weighted by Gasteiger charge is 2.18. The SMILES string of the molecule is Cc1cc(I)ccc1NC1CCC(C)CC1. The number of benzene rings is 1. The van der Waals surface area contributed by atoms with Gasteiger partial charge in [0.05, 0.1) is 0 Å². The average molecular weight is 329 g/mol. The first-order valence-electron chi connectivity index (χ1n) is 6.18. The van der Waals surface area contributed by atoms with Gasteiger partial charge in [-0.25, -0.2) is 0 Å². The van der Waals surface area contributed by atoms with E-state index in [0.717, 1.165) is 5.92 Å². The van der Waals surface area contributed by atoms with E-state index in [1.165, 1.54) is 40.5 Å². The van der Waals surface area contributed by atoms with Gasteiger partial charge in [-0.05, 0) is 84.9 Å². The van der Waals surface area contributed by atoms with Gasteiger partial charge in [0.1, 0.15) is 0 Å². The van der Waals surface area contributed by atoms with Crippen molar-refractivity contribution in [2.45, 2.75) is 45.6 Å². The topological polar surface area (TPSA) is 12.0 Å². The minimum atomic E-state index is 0.690. The van der Waals surface area contributed by atoms with Crippen LogP contribution in [0, 0.1) is 16.4 Å². The Bertz CT molecular complexity index is 354. The minimum Gasteiger partial charge on any atom is -0.382 e. The third-order valence-corrected chi connectivity index (χ3v) is 4.23. The summed E-state index contributed by atoms with van der Waals surface area (Å²) < 4.78 is 1.32. The molecule has 0 bridgehead atoms. The van der Waals surface area contributed by atoms with Crippen molar-refractivity contribution < 1.29 is 0 Å². The third-order valence-electron chi connectivity index (χ3n) is 3.56. The number of nitrogens with one attached hydrogen (secondary N) is 1. The molecule has 0 radical (unpaired) electrons. The van der Waals surface area contributed by atoms with E-state index in [2.05, 4.69) is 60.0 Å². The van der Waals surface area contributed by atoms with Crippen LogP contribution < -0.4 is 5.32 Å². The summed E-state index contributed by atoms with van der Waals surface area (Å²) in [5.74, 6) is 0.927. The molecule has 1 nitrogen and oxygen atoms in total. The molecule has 88 valence electrons. The first kappa shape index (κ1) is 12.2. The van der Waals surface area contributed by atoms with E-state index >= 15 is 0 Å². The zero-order valence-corrected chi connectivity index (χ0v) is 12.3. The van der Waals surface area contributed by atoms with Crippen molar-refractivity contribution in [2.75, 3.05) is 5.32 Å². The Kier molecular flexibility index (Phi) is 4.11. The van der Waals surface area contributed by atoms with Gasteiger partial charge in [-0.1, -0.05) is 6.92 Å². The van der Waals surface area contributed by atoms with Gasteiger partial charge in [-0.15, -0.1) is 0 Å². The molecule has 1 fully saturated rings. The third kappa shape index (κ3) is 3.12. The smallest absolute Gasteiger partial charge is 0.0372 e. The summed E-state index contributed by atoms with van der Waals surface area (Å²) in [7, 11) is 0. The van der Waals surface area contributed by atoms with Gasteiger partial charge in [0.2, 0.25) is 0 Å². The van der Waals surface area contributed by atoms with Crippen LogP contribution in [0.5, 0.6) is 0 Å². The average Bonchev–Trinajstić information content (AvgIpc) is 2.25. The fraction of sp³-hybridized carbons (Fsp3) is 0.571. The van der Waals surface area contributed by atoms with Crippen molar-refractivity contribution in [3.05, 3.63) is 27.3 Å². The van der Waals surface area contributed by atoms with Crippen molar-refractivity contribution in [2.24, 2.45) is 5.92 Å². The molecule has 0 aliphatic heterocycles. The Balaban J connectivity index is 1.98. The number of anilines is 1. The molecule has 0 aromatic heterocycles. The van der Waals surface area contributed by atoms with Crippen LogP contribution in [0.4, 0.5) is 5.69 Å². The number of hydrogen-bond acceptors (Lipinski definition) is 1. The highest BCUT2D eigenvalue weighted by Crippen LogP contribution is 2.27. The van der Waals surface area contributed by atoms with Crippen LogP contribution in [0.3, 0.4) is 0 Å². The lowest BCUT2D eigenvalue weighted by molar-refractivity contribution is 0.361. The van der Waals surface area contributed by atoms with Crippen LogP contribution in [-0.2, 0) is 0 Å². The Morgan fingerprint density at radius 3 is 2.50 bits per heavy atom. The number of aryl methyl sites for hydroxylation is 1. The molecule has 1 saturated carbocycles. The zero-order valence-electron chi connectivity index (χ0n) is 10.1. The molecule has 0 atom stereocenters. The lowest BCUT2D eigenvalue weighted by Crippen LogP contribution is -2.25. The Morgan fingerprint density at radius 2 is 1.88 bits per heavy atom. The molecule has 1 aliphatic carbocycles. The maximum atomic E-state index is 3.69. The van der Waals surface area contributed by atoms with Gasteiger partial charge in [-0.2, -0.15) is 0 Å². The van der Waals surface area contributed by atoms with E-state index in [0.29, 0.717) is 6.04 Å². The van der Waals surface area contributed by atoms with Crippen LogP contribution in [0.15, 0.2) is 18.2 Å². The van der Waals surface area contributed by atoms with Gasteiger partial charge in [0, 0.05) is 15.3 Å². The molecule has 0 unspecified atom stereocenters. The molecule has 0 amide bonds. The van der Waals surface area contributed by atoms with Gasteiger partial charge >= 0.3 is 0 Å². The highest BCUT2D eigenvalue weighted by molar-refractivity contribution is 14.1. The summed E-state index contributed by atoms with van der Waals surface area (Å²) in [6.07, 6.45) is 5.40. The van der Waals surface area contributed by atoms with Crippen molar-refractivity contribution in [3.8, 4) is 0 Å². The molecule has 16 heavy (non-hydrogen) atoms. The Morgan fingerprint density at radius 1 is 1.19 bits per heavy atom. The standard InChI is InChI=1S/C14H20IN/c1-10-3-6-13(7-4-10)16-14-8-5-12(15)9-11(14)2/h5,8-10,13,16H,3-4,6-7H2,1-2H3. The number of hydrogen-bond donors (Lipinski definition) is 1. The Hall–Kier alpha value is -0.250. The lowest BCUT2D eigenvalue weighted by Gasteiger charge is -2.28. The van der Waals surface area contributed by atoms with Crippen molar-refractivity contribution in [1.82, 2.24) is 0 Å². The van der Waals surface area contributed by atoms with Gasteiger partial charge in [0.15, 0.2) is 0 Å². The van der Waals surface area contributed by atoms with Crippen LogP contribution >= 0.6 is 22.6 Å². The fourth-order valence-electron chi connectivity index (χ4n) is 2.41. The summed E-state index contributed by atoms with van der Waals surface area (Å²) in [5.41, 5.74) is 2.69.